The van der Waals surface area contributed by atoms with Crippen LogP contribution in [0.25, 0.3) is 11.3 Å². The number of aromatic nitrogens is 3. The van der Waals surface area contributed by atoms with Crippen LogP contribution in [0.5, 0.6) is 0 Å². The van der Waals surface area contributed by atoms with E-state index in [4.69, 9.17) is 11.5 Å². The van der Waals surface area contributed by atoms with Crippen molar-refractivity contribution in [1.82, 2.24) is 15.0 Å². The molecule has 5 nitrogen and oxygen atoms in total. The summed E-state index contributed by atoms with van der Waals surface area (Å²) in [5.41, 5.74) is 14.3. The van der Waals surface area contributed by atoms with Crippen molar-refractivity contribution in [3.8, 4) is 11.3 Å². The number of aryl methyl sites for hydroxylation is 1. The third-order valence-electron chi connectivity index (χ3n) is 2.00. The molecule has 76 valence electrons. The average Bonchev–Trinajstić information content (AvgIpc) is 2.16. The third kappa shape index (κ3) is 1.85. The second-order valence-corrected chi connectivity index (χ2v) is 3.22. The molecule has 0 atom stereocenters. The molecule has 0 radical (unpaired) electrons. The van der Waals surface area contributed by atoms with Gasteiger partial charge in [-0.2, -0.15) is 0 Å². The number of pyridine rings is 1. The van der Waals surface area contributed by atoms with Crippen molar-refractivity contribution in [1.29, 1.82) is 0 Å². The molecule has 0 amide bonds. The molecule has 0 aliphatic carbocycles. The van der Waals surface area contributed by atoms with E-state index in [0.717, 1.165) is 17.0 Å². The van der Waals surface area contributed by atoms with Gasteiger partial charge in [0.2, 0.25) is 5.95 Å². The maximum Gasteiger partial charge on any atom is 0.220 e. The summed E-state index contributed by atoms with van der Waals surface area (Å²) in [5.74, 6) is 0.251. The summed E-state index contributed by atoms with van der Waals surface area (Å²) >= 11 is 0. The maximum absolute atomic E-state index is 5.79. The molecule has 4 N–H and O–H groups in total. The Morgan fingerprint density at radius 3 is 2.67 bits per heavy atom. The number of hydrogen-bond acceptors (Lipinski definition) is 5. The Balaban J connectivity index is 2.59. The Bertz CT molecular complexity index is 475. The topological polar surface area (TPSA) is 90.7 Å². The molecule has 5 heteroatoms. The first-order chi connectivity index (χ1) is 7.16. The monoisotopic (exact) mass is 201 g/mol. The van der Waals surface area contributed by atoms with Crippen LogP contribution in [0.3, 0.4) is 0 Å². The van der Waals surface area contributed by atoms with Crippen LogP contribution in [-0.2, 0) is 0 Å². The van der Waals surface area contributed by atoms with Crippen LogP contribution < -0.4 is 11.5 Å². The molecule has 15 heavy (non-hydrogen) atoms. The fourth-order valence-corrected chi connectivity index (χ4v) is 1.37. The van der Waals surface area contributed by atoms with Gasteiger partial charge < -0.3 is 11.5 Å². The summed E-state index contributed by atoms with van der Waals surface area (Å²) in [6, 6.07) is 3.64. The number of nitrogen functional groups attached to an aromatic ring is 2. The molecule has 0 fully saturated rings. The van der Waals surface area contributed by atoms with E-state index in [1.807, 2.05) is 13.0 Å². The van der Waals surface area contributed by atoms with Crippen LogP contribution in [0.4, 0.5) is 11.6 Å². The average molecular weight is 201 g/mol. The van der Waals surface area contributed by atoms with Crippen molar-refractivity contribution >= 4 is 11.6 Å². The van der Waals surface area contributed by atoms with Gasteiger partial charge >= 0.3 is 0 Å². The fraction of sp³-hybridized carbons (Fsp3) is 0.100. The van der Waals surface area contributed by atoms with E-state index in [2.05, 4.69) is 15.0 Å². The number of rotatable bonds is 1. The third-order valence-corrected chi connectivity index (χ3v) is 2.00. The van der Waals surface area contributed by atoms with Crippen LogP contribution in [0, 0.1) is 6.92 Å². The van der Waals surface area contributed by atoms with Crippen molar-refractivity contribution in [2.45, 2.75) is 6.92 Å². The second-order valence-electron chi connectivity index (χ2n) is 3.22. The first kappa shape index (κ1) is 9.39. The van der Waals surface area contributed by atoms with Gasteiger partial charge in [0.1, 0.15) is 0 Å². The predicted octanol–water partition coefficient (Wildman–Crippen LogP) is 1.01. The molecule has 2 rings (SSSR count). The number of nitrogens with two attached hydrogens (primary N) is 2. The molecule has 0 unspecified atom stereocenters. The normalized spacial score (nSPS) is 10.2. The minimum absolute atomic E-state index is 0.251. The second kappa shape index (κ2) is 3.53. The molecular weight excluding hydrogens is 190 g/mol. The lowest BCUT2D eigenvalue weighted by Crippen LogP contribution is -2.00. The molecule has 0 bridgehead atoms. The Morgan fingerprint density at radius 2 is 2.00 bits per heavy atom. The van der Waals surface area contributed by atoms with Gasteiger partial charge in [-0.05, 0) is 19.1 Å². The summed E-state index contributed by atoms with van der Waals surface area (Å²) in [7, 11) is 0. The molecule has 2 aromatic heterocycles. The summed E-state index contributed by atoms with van der Waals surface area (Å²) in [6.07, 6.45) is 3.25. The highest BCUT2D eigenvalue weighted by atomic mass is 15.0. The zero-order valence-corrected chi connectivity index (χ0v) is 8.31. The molecule has 0 saturated heterocycles. The highest BCUT2D eigenvalue weighted by molar-refractivity contribution is 5.73. The zero-order chi connectivity index (χ0) is 10.8. The van der Waals surface area contributed by atoms with E-state index in [0.29, 0.717) is 5.69 Å². The molecular formula is C10H11N5. The van der Waals surface area contributed by atoms with Gasteiger partial charge in [-0.25, -0.2) is 9.97 Å². The first-order valence-electron chi connectivity index (χ1n) is 4.48. The van der Waals surface area contributed by atoms with E-state index < -0.39 is 0 Å². The van der Waals surface area contributed by atoms with E-state index in [1.165, 1.54) is 0 Å². The summed E-state index contributed by atoms with van der Waals surface area (Å²) in [5, 5.41) is 0. The van der Waals surface area contributed by atoms with Crippen molar-refractivity contribution in [2.75, 3.05) is 11.5 Å². The largest absolute Gasteiger partial charge is 0.397 e. The standard InChI is InChI=1S/C10H11N5/c1-6-4-9(15-10(12)14-6)7-2-3-13-5-8(7)11/h2-5H,11H2,1H3,(H2,12,14,15). The van der Waals surface area contributed by atoms with Crippen LogP contribution >= 0.6 is 0 Å². The minimum atomic E-state index is 0.251. The lowest BCUT2D eigenvalue weighted by atomic mass is 10.1. The Labute approximate surface area is 87.2 Å². The summed E-state index contributed by atoms with van der Waals surface area (Å²) < 4.78 is 0. The van der Waals surface area contributed by atoms with Crippen LogP contribution in [0.2, 0.25) is 0 Å². The van der Waals surface area contributed by atoms with Gasteiger partial charge in [0.25, 0.3) is 0 Å². The van der Waals surface area contributed by atoms with E-state index in [1.54, 1.807) is 18.5 Å². The Morgan fingerprint density at radius 1 is 1.20 bits per heavy atom. The van der Waals surface area contributed by atoms with Crippen molar-refractivity contribution in [2.24, 2.45) is 0 Å². The van der Waals surface area contributed by atoms with Crippen molar-refractivity contribution < 1.29 is 0 Å². The molecule has 0 saturated carbocycles. The number of hydrogen-bond donors (Lipinski definition) is 2. The Kier molecular flexibility index (Phi) is 2.21. The lowest BCUT2D eigenvalue weighted by molar-refractivity contribution is 1.12. The highest BCUT2D eigenvalue weighted by Crippen LogP contribution is 2.23. The SMILES string of the molecule is Cc1cc(-c2ccncc2N)nc(N)n1. The molecule has 2 aromatic rings. The smallest absolute Gasteiger partial charge is 0.220 e. The van der Waals surface area contributed by atoms with E-state index in [-0.39, 0.29) is 5.95 Å². The lowest BCUT2D eigenvalue weighted by Gasteiger charge is -2.05. The molecule has 0 aliphatic rings. The predicted molar refractivity (Wildman–Crippen MR) is 58.8 cm³/mol. The Hall–Kier alpha value is -2.17. The van der Waals surface area contributed by atoms with Gasteiger partial charge in [0, 0.05) is 17.5 Å². The van der Waals surface area contributed by atoms with E-state index in [9.17, 15) is 0 Å². The fourth-order valence-electron chi connectivity index (χ4n) is 1.37. The zero-order valence-electron chi connectivity index (χ0n) is 8.31. The van der Waals surface area contributed by atoms with Crippen molar-refractivity contribution in [3.63, 3.8) is 0 Å². The quantitative estimate of drug-likeness (QED) is 0.718. The molecule has 0 spiro atoms. The maximum atomic E-state index is 5.79. The van der Waals surface area contributed by atoms with Crippen LogP contribution in [-0.4, -0.2) is 15.0 Å². The van der Waals surface area contributed by atoms with Gasteiger partial charge in [-0.3, -0.25) is 4.98 Å². The first-order valence-corrected chi connectivity index (χ1v) is 4.48. The van der Waals surface area contributed by atoms with Gasteiger partial charge in [0.15, 0.2) is 0 Å². The molecule has 0 aliphatic heterocycles. The minimum Gasteiger partial charge on any atom is -0.397 e. The van der Waals surface area contributed by atoms with E-state index >= 15 is 0 Å². The van der Waals surface area contributed by atoms with Gasteiger partial charge in [-0.1, -0.05) is 0 Å². The number of nitrogens with zero attached hydrogens (tertiary/aromatic N) is 3. The van der Waals surface area contributed by atoms with Crippen LogP contribution in [0.1, 0.15) is 5.69 Å². The summed E-state index contributed by atoms with van der Waals surface area (Å²) in [6.45, 7) is 1.86. The molecule has 2 heterocycles. The highest BCUT2D eigenvalue weighted by Gasteiger charge is 2.05. The van der Waals surface area contributed by atoms with Crippen LogP contribution in [0.15, 0.2) is 24.5 Å². The van der Waals surface area contributed by atoms with Gasteiger partial charge in [0.05, 0.1) is 17.6 Å². The number of anilines is 2. The van der Waals surface area contributed by atoms with Gasteiger partial charge in [-0.15, -0.1) is 0 Å². The van der Waals surface area contributed by atoms with Crippen molar-refractivity contribution in [3.05, 3.63) is 30.2 Å². The summed E-state index contributed by atoms with van der Waals surface area (Å²) in [4.78, 5) is 12.0. The molecule has 0 aromatic carbocycles.